The van der Waals surface area contributed by atoms with Crippen molar-refractivity contribution in [3.8, 4) is 0 Å². The first-order valence-corrected chi connectivity index (χ1v) is 6.41. The van der Waals surface area contributed by atoms with Gasteiger partial charge in [0.05, 0.1) is 0 Å². The van der Waals surface area contributed by atoms with Crippen LogP contribution >= 0.6 is 0 Å². The van der Waals surface area contributed by atoms with Crippen molar-refractivity contribution in [1.82, 2.24) is 20.0 Å². The molecule has 0 aromatic heterocycles. The second kappa shape index (κ2) is 7.63. The Labute approximate surface area is 105 Å². The Hall–Kier alpha value is -0.650. The lowest BCUT2D eigenvalue weighted by molar-refractivity contribution is -0.132. The Morgan fingerprint density at radius 3 is 2.35 bits per heavy atom. The van der Waals surface area contributed by atoms with Crippen molar-refractivity contribution in [1.29, 1.82) is 0 Å². The molecule has 17 heavy (non-hydrogen) atoms. The number of nitrogens with zero attached hydrogens (tertiary/aromatic N) is 3. The third-order valence-electron chi connectivity index (χ3n) is 3.11. The molecule has 0 atom stereocenters. The molecule has 0 bridgehead atoms. The summed E-state index contributed by atoms with van der Waals surface area (Å²) in [4.78, 5) is 18.3. The van der Waals surface area contributed by atoms with Gasteiger partial charge >= 0.3 is 0 Å². The number of piperazine rings is 1. The zero-order valence-electron chi connectivity index (χ0n) is 11.4. The van der Waals surface area contributed by atoms with Gasteiger partial charge < -0.3 is 20.0 Å². The molecule has 1 heterocycles. The van der Waals surface area contributed by atoms with Crippen LogP contribution in [0.3, 0.4) is 0 Å². The number of carbonyl (C=O) groups is 1. The second-order valence-electron chi connectivity index (χ2n) is 4.99. The normalized spacial score (nSPS) is 16.9. The highest BCUT2D eigenvalue weighted by molar-refractivity contribution is 5.76. The van der Waals surface area contributed by atoms with Crippen LogP contribution in [0.15, 0.2) is 0 Å². The molecule has 1 amide bonds. The molecule has 1 rings (SSSR count). The lowest BCUT2D eigenvalue weighted by Gasteiger charge is -2.28. The molecule has 100 valence electrons. The van der Waals surface area contributed by atoms with Crippen molar-refractivity contribution in [2.24, 2.45) is 0 Å². The van der Waals surface area contributed by atoms with Gasteiger partial charge in [-0.25, -0.2) is 0 Å². The molecule has 1 aliphatic heterocycles. The Bertz CT molecular complexity index is 227. The standard InChI is InChI=1S/C12H26N4O/c1-14(2)10-11-15(3)7-4-12(17)16-8-5-13-6-9-16/h13H,4-11H2,1-3H3. The molecule has 0 radical (unpaired) electrons. The quantitative estimate of drug-likeness (QED) is 0.669. The Kier molecular flexibility index (Phi) is 6.47. The smallest absolute Gasteiger partial charge is 0.223 e. The third kappa shape index (κ3) is 6.00. The van der Waals surface area contributed by atoms with Crippen LogP contribution in [0.1, 0.15) is 6.42 Å². The van der Waals surface area contributed by atoms with Crippen molar-refractivity contribution in [2.45, 2.75) is 6.42 Å². The van der Waals surface area contributed by atoms with Crippen molar-refractivity contribution >= 4 is 5.91 Å². The van der Waals surface area contributed by atoms with Gasteiger partial charge in [0.25, 0.3) is 0 Å². The van der Waals surface area contributed by atoms with Crippen molar-refractivity contribution in [3.05, 3.63) is 0 Å². The minimum Gasteiger partial charge on any atom is -0.340 e. The Morgan fingerprint density at radius 2 is 1.76 bits per heavy atom. The number of likely N-dealkylation sites (N-methyl/N-ethyl adjacent to an activating group) is 2. The van der Waals surface area contributed by atoms with E-state index in [0.717, 1.165) is 45.8 Å². The molecule has 0 aromatic rings. The van der Waals surface area contributed by atoms with Gasteiger partial charge in [-0.1, -0.05) is 0 Å². The molecule has 0 aromatic carbocycles. The molecule has 1 fully saturated rings. The van der Waals surface area contributed by atoms with Crippen LogP contribution < -0.4 is 5.32 Å². The van der Waals surface area contributed by atoms with Gasteiger partial charge in [-0.3, -0.25) is 4.79 Å². The molecule has 1 N–H and O–H groups in total. The number of nitrogens with one attached hydrogen (secondary N) is 1. The predicted molar refractivity (Wildman–Crippen MR) is 70.1 cm³/mol. The number of carbonyl (C=O) groups excluding carboxylic acids is 1. The van der Waals surface area contributed by atoms with Crippen LogP contribution in [0.25, 0.3) is 0 Å². The highest BCUT2D eigenvalue weighted by Gasteiger charge is 2.15. The monoisotopic (exact) mass is 242 g/mol. The molecule has 5 heteroatoms. The first-order chi connectivity index (χ1) is 8.09. The number of amides is 1. The van der Waals surface area contributed by atoms with Crippen LogP contribution in [0.4, 0.5) is 0 Å². The fourth-order valence-electron chi connectivity index (χ4n) is 1.84. The summed E-state index contributed by atoms with van der Waals surface area (Å²) >= 11 is 0. The zero-order chi connectivity index (χ0) is 12.7. The fraction of sp³-hybridized carbons (Fsp3) is 0.917. The SMILES string of the molecule is CN(C)CCN(C)CCC(=O)N1CCNCC1. The lowest BCUT2D eigenvalue weighted by atomic mass is 10.3. The molecule has 0 unspecified atom stereocenters. The first-order valence-electron chi connectivity index (χ1n) is 6.41. The highest BCUT2D eigenvalue weighted by atomic mass is 16.2. The van der Waals surface area contributed by atoms with E-state index in [2.05, 4.69) is 36.3 Å². The number of rotatable bonds is 6. The summed E-state index contributed by atoms with van der Waals surface area (Å²) < 4.78 is 0. The maximum Gasteiger partial charge on any atom is 0.223 e. The van der Waals surface area contributed by atoms with Crippen molar-refractivity contribution in [3.63, 3.8) is 0 Å². The summed E-state index contributed by atoms with van der Waals surface area (Å²) in [5.74, 6) is 0.295. The lowest BCUT2D eigenvalue weighted by Crippen LogP contribution is -2.47. The molecule has 1 saturated heterocycles. The van der Waals surface area contributed by atoms with E-state index in [-0.39, 0.29) is 0 Å². The summed E-state index contributed by atoms with van der Waals surface area (Å²) in [5, 5.41) is 3.26. The van der Waals surface area contributed by atoms with Crippen LogP contribution in [-0.2, 0) is 4.79 Å². The predicted octanol–water partition coefficient (Wildman–Crippen LogP) is -0.698. The summed E-state index contributed by atoms with van der Waals surface area (Å²) in [7, 11) is 6.22. The van der Waals surface area contributed by atoms with Gasteiger partial charge in [0.2, 0.25) is 5.91 Å². The fourth-order valence-corrected chi connectivity index (χ4v) is 1.84. The molecule has 1 aliphatic rings. The number of hydrogen-bond acceptors (Lipinski definition) is 4. The van der Waals surface area contributed by atoms with Crippen LogP contribution in [0.5, 0.6) is 0 Å². The molecule has 0 spiro atoms. The van der Waals surface area contributed by atoms with Gasteiger partial charge in [0.15, 0.2) is 0 Å². The third-order valence-corrected chi connectivity index (χ3v) is 3.11. The minimum absolute atomic E-state index is 0.295. The van der Waals surface area contributed by atoms with Gasteiger partial charge in [-0.05, 0) is 21.1 Å². The van der Waals surface area contributed by atoms with E-state index in [1.165, 1.54) is 0 Å². The summed E-state index contributed by atoms with van der Waals surface area (Å²) in [6, 6.07) is 0. The molecule has 0 aliphatic carbocycles. The Morgan fingerprint density at radius 1 is 1.12 bits per heavy atom. The minimum atomic E-state index is 0.295. The van der Waals surface area contributed by atoms with Gasteiger partial charge in [-0.15, -0.1) is 0 Å². The van der Waals surface area contributed by atoms with E-state index < -0.39 is 0 Å². The molecule has 5 nitrogen and oxygen atoms in total. The van der Waals surface area contributed by atoms with Crippen molar-refractivity contribution < 1.29 is 4.79 Å². The highest BCUT2D eigenvalue weighted by Crippen LogP contribution is 1.98. The van der Waals surface area contributed by atoms with E-state index in [1.807, 2.05) is 4.90 Å². The van der Waals surface area contributed by atoms with Crippen LogP contribution in [0.2, 0.25) is 0 Å². The van der Waals surface area contributed by atoms with Crippen LogP contribution in [0, 0.1) is 0 Å². The largest absolute Gasteiger partial charge is 0.340 e. The maximum absolute atomic E-state index is 11.9. The van der Waals surface area contributed by atoms with Gasteiger partial charge in [0.1, 0.15) is 0 Å². The van der Waals surface area contributed by atoms with E-state index in [1.54, 1.807) is 0 Å². The van der Waals surface area contributed by atoms with E-state index in [9.17, 15) is 4.79 Å². The molecular weight excluding hydrogens is 216 g/mol. The molecule has 0 saturated carbocycles. The average molecular weight is 242 g/mol. The zero-order valence-corrected chi connectivity index (χ0v) is 11.4. The van der Waals surface area contributed by atoms with Gasteiger partial charge in [-0.2, -0.15) is 0 Å². The van der Waals surface area contributed by atoms with E-state index in [4.69, 9.17) is 0 Å². The summed E-state index contributed by atoms with van der Waals surface area (Å²) in [6.45, 7) is 6.50. The van der Waals surface area contributed by atoms with E-state index in [0.29, 0.717) is 12.3 Å². The summed E-state index contributed by atoms with van der Waals surface area (Å²) in [6.07, 6.45) is 0.643. The Balaban J connectivity index is 2.13. The first kappa shape index (κ1) is 14.4. The second-order valence-corrected chi connectivity index (χ2v) is 4.99. The molecular formula is C12H26N4O. The summed E-state index contributed by atoms with van der Waals surface area (Å²) in [5.41, 5.74) is 0. The number of hydrogen-bond donors (Lipinski definition) is 1. The van der Waals surface area contributed by atoms with Crippen molar-refractivity contribution in [2.75, 3.05) is 67.0 Å². The van der Waals surface area contributed by atoms with Crippen LogP contribution in [-0.4, -0.2) is 87.6 Å². The van der Waals surface area contributed by atoms with E-state index >= 15 is 0 Å². The maximum atomic E-state index is 11.9. The average Bonchev–Trinajstić information content (AvgIpc) is 2.34. The topological polar surface area (TPSA) is 38.8 Å². The van der Waals surface area contributed by atoms with Gasteiger partial charge in [0, 0.05) is 52.2 Å².